The molecule has 5 heteroatoms. The molecule has 0 aliphatic rings. The van der Waals surface area contributed by atoms with Crippen molar-refractivity contribution in [2.45, 2.75) is 64.0 Å². The number of rotatable bonds is 8. The molecule has 0 aliphatic heterocycles. The third-order valence-corrected chi connectivity index (χ3v) is 6.49. The summed E-state index contributed by atoms with van der Waals surface area (Å²) in [6.45, 7) is 5.18. The van der Waals surface area contributed by atoms with Crippen LogP contribution < -0.4 is 0 Å². The van der Waals surface area contributed by atoms with Gasteiger partial charge in [-0.05, 0) is 57.7 Å². The number of hydrogen-bond donors (Lipinski definition) is 0. The molecular weight excluding hydrogens is 306 g/mol. The van der Waals surface area contributed by atoms with Crippen molar-refractivity contribution in [3.05, 3.63) is 35.4 Å². The van der Waals surface area contributed by atoms with Gasteiger partial charge in [-0.25, -0.2) is 17.2 Å². The predicted molar refractivity (Wildman–Crippen MR) is 86.7 cm³/mol. The highest BCUT2D eigenvalue weighted by atomic mass is 32.2. The number of unbranched alkanes of at least 4 members (excludes halogenated alkanes) is 4. The Balaban J connectivity index is 2.17. The smallest absolute Gasteiger partial charge is 0.159 e. The lowest BCUT2D eigenvalue weighted by atomic mass is 10.1. The van der Waals surface area contributed by atoms with Crippen LogP contribution in [-0.2, 0) is 16.3 Å². The van der Waals surface area contributed by atoms with E-state index >= 15 is 0 Å². The molecule has 0 saturated carbocycles. The molecular formula is C17H26F2O2S. The van der Waals surface area contributed by atoms with E-state index in [1.54, 1.807) is 26.8 Å². The van der Waals surface area contributed by atoms with Crippen molar-refractivity contribution in [2.24, 2.45) is 0 Å². The van der Waals surface area contributed by atoms with Gasteiger partial charge in [0, 0.05) is 0 Å². The van der Waals surface area contributed by atoms with Crippen molar-refractivity contribution in [1.29, 1.82) is 0 Å². The maximum atomic E-state index is 13.0. The van der Waals surface area contributed by atoms with Crippen molar-refractivity contribution >= 4 is 9.84 Å². The molecule has 0 spiro atoms. The highest BCUT2D eigenvalue weighted by Gasteiger charge is 2.27. The highest BCUT2D eigenvalue weighted by molar-refractivity contribution is 7.92. The van der Waals surface area contributed by atoms with Gasteiger partial charge in [-0.2, -0.15) is 0 Å². The molecule has 2 nitrogen and oxygen atoms in total. The largest absolute Gasteiger partial charge is 0.228 e. The Morgan fingerprint density at radius 1 is 0.909 bits per heavy atom. The average Bonchev–Trinajstić information content (AvgIpc) is 2.40. The molecule has 0 N–H and O–H groups in total. The molecule has 0 radical (unpaired) electrons. The first-order valence-electron chi connectivity index (χ1n) is 7.80. The van der Waals surface area contributed by atoms with Crippen molar-refractivity contribution in [3.63, 3.8) is 0 Å². The Kier molecular flexibility index (Phi) is 6.98. The number of sulfone groups is 1. The number of aryl methyl sites for hydroxylation is 1. The number of halogens is 2. The van der Waals surface area contributed by atoms with Crippen LogP contribution in [0, 0.1) is 11.6 Å². The quantitative estimate of drug-likeness (QED) is 0.648. The molecule has 0 atom stereocenters. The first-order valence-corrected chi connectivity index (χ1v) is 9.45. The van der Waals surface area contributed by atoms with E-state index in [9.17, 15) is 17.2 Å². The number of benzene rings is 1. The molecule has 0 aromatic heterocycles. The van der Waals surface area contributed by atoms with Crippen molar-refractivity contribution in [2.75, 3.05) is 5.75 Å². The third-order valence-electron chi connectivity index (χ3n) is 3.80. The zero-order chi connectivity index (χ0) is 16.8. The lowest BCUT2D eigenvalue weighted by molar-refractivity contribution is 0.506. The zero-order valence-electron chi connectivity index (χ0n) is 13.7. The fourth-order valence-electron chi connectivity index (χ4n) is 2.15. The van der Waals surface area contributed by atoms with Crippen LogP contribution in [0.15, 0.2) is 18.2 Å². The SMILES string of the molecule is CC(C)(C)S(=O)(=O)CCCCCCCc1ccc(F)c(F)c1. The molecule has 0 saturated heterocycles. The Bertz CT molecular complexity index is 575. The van der Waals surface area contributed by atoms with Gasteiger partial charge >= 0.3 is 0 Å². The van der Waals surface area contributed by atoms with Crippen LogP contribution in [0.3, 0.4) is 0 Å². The van der Waals surface area contributed by atoms with Gasteiger partial charge in [-0.1, -0.05) is 25.3 Å². The van der Waals surface area contributed by atoms with E-state index < -0.39 is 26.2 Å². The van der Waals surface area contributed by atoms with Gasteiger partial charge in [0.05, 0.1) is 10.5 Å². The minimum atomic E-state index is -3.02. The predicted octanol–water partition coefficient (Wildman–Crippen LogP) is 4.67. The van der Waals surface area contributed by atoms with E-state index in [4.69, 9.17) is 0 Å². The fraction of sp³-hybridized carbons (Fsp3) is 0.647. The van der Waals surface area contributed by atoms with Gasteiger partial charge in [-0.3, -0.25) is 0 Å². The Hall–Kier alpha value is -0.970. The Labute approximate surface area is 132 Å². The van der Waals surface area contributed by atoms with Crippen molar-refractivity contribution in [1.82, 2.24) is 0 Å². The van der Waals surface area contributed by atoms with Crippen LogP contribution in [0.2, 0.25) is 0 Å². The molecule has 0 bridgehead atoms. The van der Waals surface area contributed by atoms with Gasteiger partial charge in [0.15, 0.2) is 21.5 Å². The summed E-state index contributed by atoms with van der Waals surface area (Å²) >= 11 is 0. The van der Waals surface area contributed by atoms with Gasteiger partial charge < -0.3 is 0 Å². The van der Waals surface area contributed by atoms with Crippen LogP contribution in [0.4, 0.5) is 8.78 Å². The van der Waals surface area contributed by atoms with Crippen molar-refractivity contribution < 1.29 is 17.2 Å². The van der Waals surface area contributed by atoms with Crippen LogP contribution in [0.25, 0.3) is 0 Å². The lowest BCUT2D eigenvalue weighted by Crippen LogP contribution is -2.30. The van der Waals surface area contributed by atoms with E-state index in [0.29, 0.717) is 6.42 Å². The van der Waals surface area contributed by atoms with Crippen molar-refractivity contribution in [3.8, 4) is 0 Å². The topological polar surface area (TPSA) is 34.1 Å². The van der Waals surface area contributed by atoms with Gasteiger partial charge in [-0.15, -0.1) is 0 Å². The van der Waals surface area contributed by atoms with E-state index in [2.05, 4.69) is 0 Å². The molecule has 126 valence electrons. The van der Waals surface area contributed by atoms with Gasteiger partial charge in [0.2, 0.25) is 0 Å². The summed E-state index contributed by atoms with van der Waals surface area (Å²) in [7, 11) is -3.02. The summed E-state index contributed by atoms with van der Waals surface area (Å²) in [5.74, 6) is -1.38. The first-order chi connectivity index (χ1) is 10.1. The monoisotopic (exact) mass is 332 g/mol. The van der Waals surface area contributed by atoms with Crippen LogP contribution in [0.5, 0.6) is 0 Å². The molecule has 0 heterocycles. The summed E-state index contributed by atoms with van der Waals surface area (Å²) in [6, 6.07) is 4.00. The third kappa shape index (κ3) is 6.03. The fourth-order valence-corrected chi connectivity index (χ4v) is 3.35. The molecule has 22 heavy (non-hydrogen) atoms. The minimum absolute atomic E-state index is 0.236. The van der Waals surface area contributed by atoms with E-state index in [1.807, 2.05) is 0 Å². The minimum Gasteiger partial charge on any atom is -0.228 e. The molecule has 1 aromatic rings. The molecule has 0 aliphatic carbocycles. The molecule has 0 fully saturated rings. The summed E-state index contributed by atoms with van der Waals surface area (Å²) < 4.78 is 49.0. The molecule has 0 unspecified atom stereocenters. The highest BCUT2D eigenvalue weighted by Crippen LogP contribution is 2.18. The maximum absolute atomic E-state index is 13.0. The number of hydrogen-bond acceptors (Lipinski definition) is 2. The van der Waals surface area contributed by atoms with Gasteiger partial charge in [0.1, 0.15) is 0 Å². The normalized spacial score (nSPS) is 12.6. The second kappa shape index (κ2) is 8.04. The summed E-state index contributed by atoms with van der Waals surface area (Å²) in [6.07, 6.45) is 5.12. The lowest BCUT2D eigenvalue weighted by Gasteiger charge is -2.18. The maximum Gasteiger partial charge on any atom is 0.159 e. The summed E-state index contributed by atoms with van der Waals surface area (Å²) in [5.41, 5.74) is 0.800. The Morgan fingerprint density at radius 2 is 1.50 bits per heavy atom. The Morgan fingerprint density at radius 3 is 2.09 bits per heavy atom. The molecule has 1 rings (SSSR count). The van der Waals surface area contributed by atoms with Gasteiger partial charge in [0.25, 0.3) is 0 Å². The summed E-state index contributed by atoms with van der Waals surface area (Å²) in [5, 5.41) is 0. The van der Waals surface area contributed by atoms with Crippen LogP contribution in [0.1, 0.15) is 58.4 Å². The van der Waals surface area contributed by atoms with E-state index in [-0.39, 0.29) is 5.75 Å². The second-order valence-corrected chi connectivity index (χ2v) is 9.56. The van der Waals surface area contributed by atoms with Crippen LogP contribution >= 0.6 is 0 Å². The standard InChI is InChI=1S/C17H26F2O2S/c1-17(2,3)22(20,21)12-8-6-4-5-7-9-14-10-11-15(18)16(19)13-14/h10-11,13H,4-9,12H2,1-3H3. The molecule has 1 aromatic carbocycles. The second-order valence-electron chi connectivity index (χ2n) is 6.70. The molecule has 0 amide bonds. The zero-order valence-corrected chi connectivity index (χ0v) is 14.5. The summed E-state index contributed by atoms with van der Waals surface area (Å²) in [4.78, 5) is 0. The van der Waals surface area contributed by atoms with Crippen LogP contribution in [-0.4, -0.2) is 18.9 Å². The van der Waals surface area contributed by atoms with E-state index in [0.717, 1.165) is 43.7 Å². The first kappa shape index (κ1) is 19.1. The average molecular weight is 332 g/mol. The van der Waals surface area contributed by atoms with E-state index in [1.165, 1.54) is 6.07 Å².